The number of para-hydroxylation sites is 2. The largest absolute Gasteiger partial charge is 0.362 e. The van der Waals surface area contributed by atoms with Gasteiger partial charge in [0, 0.05) is 56.5 Å². The summed E-state index contributed by atoms with van der Waals surface area (Å²) in [6.07, 6.45) is 2.50. The summed E-state index contributed by atoms with van der Waals surface area (Å²) < 4.78 is 0. The Labute approximate surface area is 174 Å². The van der Waals surface area contributed by atoms with Crippen LogP contribution in [0.15, 0.2) is 48.5 Å². The van der Waals surface area contributed by atoms with Crippen LogP contribution in [0.3, 0.4) is 0 Å². The third kappa shape index (κ3) is 3.98. The van der Waals surface area contributed by atoms with Gasteiger partial charge >= 0.3 is 0 Å². The summed E-state index contributed by atoms with van der Waals surface area (Å²) in [6.45, 7) is 2.79. The quantitative estimate of drug-likeness (QED) is 0.573. The molecule has 2 aromatic carbocycles. The normalized spacial score (nSPS) is 17.2. The highest BCUT2D eigenvalue weighted by Gasteiger charge is 2.26. The summed E-state index contributed by atoms with van der Waals surface area (Å²) >= 11 is 0. The molecule has 0 radical (unpaired) electrons. The number of hydrogen-bond donors (Lipinski definition) is 0. The number of piperazine rings is 1. The minimum atomic E-state index is -0.374. The van der Waals surface area contributed by atoms with Gasteiger partial charge < -0.3 is 14.7 Å². The fraction of sp³-hybridized carbons (Fsp3) is 0.364. The van der Waals surface area contributed by atoms with E-state index in [1.165, 1.54) is 6.07 Å². The number of rotatable bonds is 4. The molecule has 2 aliphatic rings. The van der Waals surface area contributed by atoms with Gasteiger partial charge in [0.25, 0.3) is 11.6 Å². The van der Waals surface area contributed by atoms with E-state index in [1.54, 1.807) is 40.1 Å². The first-order valence-corrected chi connectivity index (χ1v) is 10.2. The van der Waals surface area contributed by atoms with E-state index in [0.29, 0.717) is 43.9 Å². The van der Waals surface area contributed by atoms with E-state index < -0.39 is 0 Å². The number of anilines is 2. The maximum absolute atomic E-state index is 12.9. The number of piperidine rings is 1. The van der Waals surface area contributed by atoms with Crippen molar-refractivity contribution in [2.45, 2.75) is 19.3 Å². The number of carbonyl (C=O) groups is 2. The predicted molar refractivity (Wildman–Crippen MR) is 114 cm³/mol. The van der Waals surface area contributed by atoms with Crippen molar-refractivity contribution in [2.24, 2.45) is 0 Å². The molecule has 4 rings (SSSR count). The van der Waals surface area contributed by atoms with Gasteiger partial charge in [0.05, 0.1) is 4.92 Å². The average molecular weight is 408 g/mol. The highest BCUT2D eigenvalue weighted by Crippen LogP contribution is 2.28. The Kier molecular flexibility index (Phi) is 5.65. The third-order valence-corrected chi connectivity index (χ3v) is 5.74. The lowest BCUT2D eigenvalue weighted by molar-refractivity contribution is -0.384. The average Bonchev–Trinajstić information content (AvgIpc) is 2.79. The van der Waals surface area contributed by atoms with Gasteiger partial charge in [-0.1, -0.05) is 12.1 Å². The second kappa shape index (κ2) is 8.52. The van der Waals surface area contributed by atoms with Gasteiger partial charge in [0.1, 0.15) is 5.69 Å². The lowest BCUT2D eigenvalue weighted by Crippen LogP contribution is -2.49. The molecule has 30 heavy (non-hydrogen) atoms. The first kappa shape index (κ1) is 19.9. The molecule has 2 amide bonds. The topological polar surface area (TPSA) is 87.0 Å². The molecular formula is C22H24N4O4. The molecule has 8 heteroatoms. The number of nitrogens with zero attached hydrogens (tertiary/aromatic N) is 4. The minimum absolute atomic E-state index is 0.0614. The molecule has 0 aromatic heterocycles. The molecule has 0 bridgehead atoms. The van der Waals surface area contributed by atoms with Crippen molar-refractivity contribution in [1.82, 2.24) is 4.90 Å². The summed E-state index contributed by atoms with van der Waals surface area (Å²) in [5.41, 5.74) is 2.09. The highest BCUT2D eigenvalue weighted by molar-refractivity contribution is 5.97. The van der Waals surface area contributed by atoms with Crippen LogP contribution in [0, 0.1) is 10.1 Å². The Bertz CT molecular complexity index is 952. The molecular weight excluding hydrogens is 384 g/mol. The Hall–Kier alpha value is -3.42. The van der Waals surface area contributed by atoms with Crippen LogP contribution in [0.25, 0.3) is 0 Å². The van der Waals surface area contributed by atoms with Crippen LogP contribution in [0.5, 0.6) is 0 Å². The van der Waals surface area contributed by atoms with Gasteiger partial charge in [0.15, 0.2) is 0 Å². The van der Waals surface area contributed by atoms with E-state index in [9.17, 15) is 19.7 Å². The molecule has 0 N–H and O–H groups in total. The molecule has 2 saturated heterocycles. The monoisotopic (exact) mass is 408 g/mol. The molecule has 156 valence electrons. The number of benzene rings is 2. The van der Waals surface area contributed by atoms with Gasteiger partial charge in [0.2, 0.25) is 5.91 Å². The van der Waals surface area contributed by atoms with E-state index >= 15 is 0 Å². The van der Waals surface area contributed by atoms with E-state index in [4.69, 9.17) is 0 Å². The summed E-state index contributed by atoms with van der Waals surface area (Å²) in [5.74, 6) is 0.0696. The van der Waals surface area contributed by atoms with Crippen LogP contribution in [-0.2, 0) is 4.79 Å². The van der Waals surface area contributed by atoms with E-state index in [1.807, 2.05) is 17.0 Å². The van der Waals surface area contributed by atoms with Crippen molar-refractivity contribution in [3.8, 4) is 0 Å². The van der Waals surface area contributed by atoms with Crippen LogP contribution in [0.4, 0.5) is 17.1 Å². The second-order valence-corrected chi connectivity index (χ2v) is 7.57. The smallest absolute Gasteiger partial charge is 0.292 e. The Balaban J connectivity index is 1.40. The molecule has 2 heterocycles. The number of nitro benzene ring substituents is 1. The standard InChI is InChI=1S/C22H24N4O4/c27-21-7-3-4-12-25(21)18-10-8-17(9-11-18)22(28)24-15-13-23(14-16-24)19-5-1-2-6-20(19)26(29)30/h1-2,5-6,8-11H,3-4,7,12-16H2. The van der Waals surface area contributed by atoms with Gasteiger partial charge in [-0.2, -0.15) is 0 Å². The van der Waals surface area contributed by atoms with Gasteiger partial charge in [-0.3, -0.25) is 19.7 Å². The van der Waals surface area contributed by atoms with Crippen LogP contribution in [0.1, 0.15) is 29.6 Å². The Morgan fingerprint density at radius 3 is 2.27 bits per heavy atom. The Morgan fingerprint density at radius 1 is 0.900 bits per heavy atom. The van der Waals surface area contributed by atoms with Crippen molar-refractivity contribution in [3.05, 3.63) is 64.2 Å². The molecule has 0 aliphatic carbocycles. The van der Waals surface area contributed by atoms with E-state index in [-0.39, 0.29) is 22.4 Å². The fourth-order valence-electron chi connectivity index (χ4n) is 4.08. The maximum atomic E-state index is 12.9. The zero-order chi connectivity index (χ0) is 21.1. The third-order valence-electron chi connectivity index (χ3n) is 5.74. The maximum Gasteiger partial charge on any atom is 0.292 e. The number of carbonyl (C=O) groups excluding carboxylic acids is 2. The molecule has 8 nitrogen and oxygen atoms in total. The molecule has 0 unspecified atom stereocenters. The van der Waals surface area contributed by atoms with Crippen molar-refractivity contribution >= 4 is 28.9 Å². The van der Waals surface area contributed by atoms with Gasteiger partial charge in [-0.05, 0) is 43.2 Å². The van der Waals surface area contributed by atoms with Crippen LogP contribution in [-0.4, -0.2) is 54.4 Å². The molecule has 2 fully saturated rings. The second-order valence-electron chi connectivity index (χ2n) is 7.57. The molecule has 0 saturated carbocycles. The van der Waals surface area contributed by atoms with Gasteiger partial charge in [-0.25, -0.2) is 0 Å². The molecule has 0 spiro atoms. The van der Waals surface area contributed by atoms with Gasteiger partial charge in [-0.15, -0.1) is 0 Å². The first-order chi connectivity index (χ1) is 14.5. The molecule has 0 atom stereocenters. The SMILES string of the molecule is O=C(c1ccc(N2CCCCC2=O)cc1)N1CCN(c2ccccc2[N+](=O)[O-])CC1. The van der Waals surface area contributed by atoms with Crippen molar-refractivity contribution in [3.63, 3.8) is 0 Å². The lowest BCUT2D eigenvalue weighted by Gasteiger charge is -2.36. The minimum Gasteiger partial charge on any atom is -0.362 e. The number of nitro groups is 1. The van der Waals surface area contributed by atoms with Crippen molar-refractivity contribution < 1.29 is 14.5 Å². The zero-order valence-corrected chi connectivity index (χ0v) is 16.7. The van der Waals surface area contributed by atoms with E-state index in [0.717, 1.165) is 25.1 Å². The number of amides is 2. The van der Waals surface area contributed by atoms with Crippen LogP contribution in [0.2, 0.25) is 0 Å². The molecule has 2 aromatic rings. The summed E-state index contributed by atoms with van der Waals surface area (Å²) in [5, 5.41) is 11.3. The summed E-state index contributed by atoms with van der Waals surface area (Å²) in [7, 11) is 0. The van der Waals surface area contributed by atoms with Crippen molar-refractivity contribution in [1.29, 1.82) is 0 Å². The zero-order valence-electron chi connectivity index (χ0n) is 16.7. The first-order valence-electron chi connectivity index (χ1n) is 10.2. The lowest BCUT2D eigenvalue weighted by atomic mass is 10.1. The Morgan fingerprint density at radius 2 is 1.60 bits per heavy atom. The molecule has 2 aliphatic heterocycles. The van der Waals surface area contributed by atoms with E-state index in [2.05, 4.69) is 0 Å². The summed E-state index contributed by atoms with van der Waals surface area (Å²) in [6, 6.07) is 13.9. The van der Waals surface area contributed by atoms with Crippen LogP contribution >= 0.6 is 0 Å². The number of hydrogen-bond acceptors (Lipinski definition) is 5. The fourth-order valence-corrected chi connectivity index (χ4v) is 4.08. The highest BCUT2D eigenvalue weighted by atomic mass is 16.6. The van der Waals surface area contributed by atoms with Crippen LogP contribution < -0.4 is 9.80 Å². The van der Waals surface area contributed by atoms with Crippen molar-refractivity contribution in [2.75, 3.05) is 42.5 Å². The predicted octanol–water partition coefficient (Wildman–Crippen LogP) is 3.07. The summed E-state index contributed by atoms with van der Waals surface area (Å²) in [4.78, 5) is 41.4.